The highest BCUT2D eigenvalue weighted by Gasteiger charge is 2.28. The van der Waals surface area contributed by atoms with Crippen molar-refractivity contribution in [3.05, 3.63) is 0 Å². The van der Waals surface area contributed by atoms with Crippen LogP contribution in [0.1, 0.15) is 19.3 Å². The summed E-state index contributed by atoms with van der Waals surface area (Å²) in [7, 11) is -2.81. The molecule has 5 heteroatoms. The standard InChI is InChI=1S/C11H22N2O2S/c1-16(14,15)9-8-12-5-3-7-13-6-2-4-11(13)10-12/h11H,2-10H2,1H3. The lowest BCUT2D eigenvalue weighted by Gasteiger charge is -2.25. The van der Waals surface area contributed by atoms with E-state index >= 15 is 0 Å². The van der Waals surface area contributed by atoms with Crippen LogP contribution in [0.5, 0.6) is 0 Å². The Morgan fingerprint density at radius 1 is 1.19 bits per heavy atom. The van der Waals surface area contributed by atoms with Crippen molar-refractivity contribution in [1.82, 2.24) is 9.80 Å². The fourth-order valence-corrected chi connectivity index (χ4v) is 3.37. The van der Waals surface area contributed by atoms with Crippen LogP contribution in [0.2, 0.25) is 0 Å². The zero-order chi connectivity index (χ0) is 11.6. The molecule has 1 atom stereocenters. The monoisotopic (exact) mass is 246 g/mol. The Morgan fingerprint density at radius 2 is 1.94 bits per heavy atom. The van der Waals surface area contributed by atoms with Crippen LogP contribution in [0.4, 0.5) is 0 Å². The zero-order valence-corrected chi connectivity index (χ0v) is 10.9. The first-order valence-corrected chi connectivity index (χ1v) is 8.25. The first-order valence-electron chi connectivity index (χ1n) is 6.19. The Kier molecular flexibility index (Phi) is 3.87. The maximum Gasteiger partial charge on any atom is 0.148 e. The summed E-state index contributed by atoms with van der Waals surface area (Å²) in [5.74, 6) is 0.305. The molecule has 0 bridgehead atoms. The summed E-state index contributed by atoms with van der Waals surface area (Å²) in [5, 5.41) is 0. The van der Waals surface area contributed by atoms with Gasteiger partial charge in [0.15, 0.2) is 0 Å². The van der Waals surface area contributed by atoms with E-state index in [4.69, 9.17) is 0 Å². The fraction of sp³-hybridized carbons (Fsp3) is 1.00. The average Bonchev–Trinajstić information content (AvgIpc) is 2.52. The second-order valence-electron chi connectivity index (χ2n) is 5.12. The van der Waals surface area contributed by atoms with Gasteiger partial charge in [-0.05, 0) is 38.9 Å². The Balaban J connectivity index is 1.86. The van der Waals surface area contributed by atoms with Crippen molar-refractivity contribution < 1.29 is 8.42 Å². The van der Waals surface area contributed by atoms with Gasteiger partial charge in [-0.25, -0.2) is 8.42 Å². The van der Waals surface area contributed by atoms with Crippen molar-refractivity contribution in [3.63, 3.8) is 0 Å². The van der Waals surface area contributed by atoms with Gasteiger partial charge in [0.05, 0.1) is 5.75 Å². The van der Waals surface area contributed by atoms with Gasteiger partial charge in [-0.3, -0.25) is 4.90 Å². The highest BCUT2D eigenvalue weighted by atomic mass is 32.2. The molecule has 0 radical (unpaired) electrons. The molecule has 2 aliphatic heterocycles. The maximum atomic E-state index is 11.2. The predicted octanol–water partition coefficient (Wildman–Crippen LogP) is 0.201. The minimum atomic E-state index is -2.81. The fourth-order valence-electron chi connectivity index (χ4n) is 2.78. The molecule has 0 spiro atoms. The van der Waals surface area contributed by atoms with E-state index in [1.165, 1.54) is 38.6 Å². The van der Waals surface area contributed by atoms with Crippen LogP contribution < -0.4 is 0 Å². The van der Waals surface area contributed by atoms with E-state index in [0.29, 0.717) is 18.3 Å². The van der Waals surface area contributed by atoms with Gasteiger partial charge in [-0.2, -0.15) is 0 Å². The smallest absolute Gasteiger partial charge is 0.148 e. The van der Waals surface area contributed by atoms with Gasteiger partial charge in [0.1, 0.15) is 9.84 Å². The van der Waals surface area contributed by atoms with E-state index in [0.717, 1.165) is 13.1 Å². The van der Waals surface area contributed by atoms with E-state index in [1.54, 1.807) is 0 Å². The molecule has 0 aliphatic carbocycles. The first-order chi connectivity index (χ1) is 7.54. The van der Waals surface area contributed by atoms with Crippen LogP contribution in [-0.4, -0.2) is 69.0 Å². The zero-order valence-electron chi connectivity index (χ0n) is 10.1. The molecule has 2 aliphatic rings. The first kappa shape index (κ1) is 12.3. The Bertz CT molecular complexity index is 329. The van der Waals surface area contributed by atoms with Gasteiger partial charge in [0.2, 0.25) is 0 Å². The molecule has 94 valence electrons. The van der Waals surface area contributed by atoms with Crippen LogP contribution in [0.15, 0.2) is 0 Å². The van der Waals surface area contributed by atoms with E-state index in [-0.39, 0.29) is 0 Å². The molecule has 0 aromatic heterocycles. The lowest BCUT2D eigenvalue weighted by molar-refractivity contribution is 0.226. The maximum absolute atomic E-state index is 11.2. The molecule has 0 saturated carbocycles. The highest BCUT2D eigenvalue weighted by Crippen LogP contribution is 2.21. The summed E-state index contributed by atoms with van der Waals surface area (Å²) in [5.41, 5.74) is 0. The van der Waals surface area contributed by atoms with E-state index in [1.807, 2.05) is 0 Å². The minimum Gasteiger partial charge on any atom is -0.301 e. The molecular formula is C11H22N2O2S. The van der Waals surface area contributed by atoms with E-state index in [9.17, 15) is 8.42 Å². The van der Waals surface area contributed by atoms with Crippen LogP contribution in [0.3, 0.4) is 0 Å². The largest absolute Gasteiger partial charge is 0.301 e. The van der Waals surface area contributed by atoms with Gasteiger partial charge < -0.3 is 4.90 Å². The number of hydrogen-bond acceptors (Lipinski definition) is 4. The SMILES string of the molecule is CS(=O)(=O)CCN1CCCN2CCCC2C1. The third-order valence-corrected chi connectivity index (χ3v) is 4.59. The molecule has 0 N–H and O–H groups in total. The van der Waals surface area contributed by atoms with Crippen molar-refractivity contribution in [2.75, 3.05) is 44.7 Å². The number of nitrogens with zero attached hydrogens (tertiary/aromatic N) is 2. The van der Waals surface area contributed by atoms with Gasteiger partial charge in [0.25, 0.3) is 0 Å². The molecule has 1 unspecified atom stereocenters. The van der Waals surface area contributed by atoms with Crippen LogP contribution >= 0.6 is 0 Å². The highest BCUT2D eigenvalue weighted by molar-refractivity contribution is 7.90. The van der Waals surface area contributed by atoms with Crippen molar-refractivity contribution in [3.8, 4) is 0 Å². The third kappa shape index (κ3) is 3.43. The number of fused-ring (bicyclic) bond motifs is 1. The quantitative estimate of drug-likeness (QED) is 0.713. The predicted molar refractivity (Wildman–Crippen MR) is 65.4 cm³/mol. The van der Waals surface area contributed by atoms with Crippen molar-refractivity contribution >= 4 is 9.84 Å². The lowest BCUT2D eigenvalue weighted by Crippen LogP contribution is -2.38. The summed E-state index contributed by atoms with van der Waals surface area (Å²) in [6.45, 7) is 5.27. The Labute approximate surface area is 98.5 Å². The topological polar surface area (TPSA) is 40.6 Å². The molecule has 4 nitrogen and oxygen atoms in total. The molecule has 2 heterocycles. The molecule has 2 rings (SSSR count). The molecule has 16 heavy (non-hydrogen) atoms. The second kappa shape index (κ2) is 5.02. The normalized spacial score (nSPS) is 28.9. The lowest BCUT2D eigenvalue weighted by atomic mass is 10.2. The van der Waals surface area contributed by atoms with E-state index in [2.05, 4.69) is 9.80 Å². The summed E-state index contributed by atoms with van der Waals surface area (Å²) in [6, 6.07) is 0.682. The third-order valence-electron chi connectivity index (χ3n) is 3.67. The second-order valence-corrected chi connectivity index (χ2v) is 7.38. The molecule has 0 amide bonds. The number of hydrogen-bond donors (Lipinski definition) is 0. The van der Waals surface area contributed by atoms with Crippen LogP contribution in [-0.2, 0) is 9.84 Å². The van der Waals surface area contributed by atoms with Crippen LogP contribution in [0, 0.1) is 0 Å². The molecular weight excluding hydrogens is 224 g/mol. The van der Waals surface area contributed by atoms with Gasteiger partial charge in [0, 0.05) is 25.4 Å². The summed E-state index contributed by atoms with van der Waals surface area (Å²) < 4.78 is 22.3. The Morgan fingerprint density at radius 3 is 2.69 bits per heavy atom. The van der Waals surface area contributed by atoms with Gasteiger partial charge in [-0.15, -0.1) is 0 Å². The molecule has 0 aromatic carbocycles. The molecule has 2 fully saturated rings. The van der Waals surface area contributed by atoms with Crippen molar-refractivity contribution in [1.29, 1.82) is 0 Å². The van der Waals surface area contributed by atoms with E-state index < -0.39 is 9.84 Å². The van der Waals surface area contributed by atoms with Gasteiger partial charge >= 0.3 is 0 Å². The summed E-state index contributed by atoms with van der Waals surface area (Å²) in [6.07, 6.45) is 5.10. The summed E-state index contributed by atoms with van der Waals surface area (Å²) in [4.78, 5) is 4.90. The number of sulfone groups is 1. The summed E-state index contributed by atoms with van der Waals surface area (Å²) >= 11 is 0. The van der Waals surface area contributed by atoms with Crippen molar-refractivity contribution in [2.24, 2.45) is 0 Å². The average molecular weight is 246 g/mol. The van der Waals surface area contributed by atoms with Crippen molar-refractivity contribution in [2.45, 2.75) is 25.3 Å². The number of rotatable bonds is 3. The molecule has 2 saturated heterocycles. The van der Waals surface area contributed by atoms with Gasteiger partial charge in [-0.1, -0.05) is 0 Å². The molecule has 0 aromatic rings. The Hall–Kier alpha value is -0.130. The minimum absolute atomic E-state index is 0.305. The van der Waals surface area contributed by atoms with Crippen LogP contribution in [0.25, 0.3) is 0 Å².